The number of carbonyl (C=O) groups excluding carboxylic acids is 2. The van der Waals surface area contributed by atoms with E-state index in [0.717, 1.165) is 50.8 Å². The molecule has 0 bridgehead atoms. The smallest absolute Gasteiger partial charge is 0.248 e. The lowest BCUT2D eigenvalue weighted by atomic mass is 9.75. The molecule has 3 rings (SSSR count). The molecule has 2 heterocycles. The molecule has 132 valence electrons. The lowest BCUT2D eigenvalue weighted by Crippen LogP contribution is -2.61. The van der Waals surface area contributed by atoms with E-state index in [1.54, 1.807) is 6.20 Å². The van der Waals surface area contributed by atoms with E-state index in [2.05, 4.69) is 22.4 Å². The number of nitrogens with one attached hydrogen (secondary N) is 2. The van der Waals surface area contributed by atoms with Crippen LogP contribution >= 0.6 is 0 Å². The monoisotopic (exact) mass is 332 g/mol. The van der Waals surface area contributed by atoms with Crippen molar-refractivity contribution in [3.05, 3.63) is 18.0 Å². The fraction of sp³-hybridized carbons (Fsp3) is 0.722. The fourth-order valence-corrected chi connectivity index (χ4v) is 4.20. The third kappa shape index (κ3) is 3.47. The number of likely N-dealkylation sites (tertiary alicyclic amines) is 1. The van der Waals surface area contributed by atoms with Gasteiger partial charge in [-0.2, -0.15) is 5.10 Å². The molecular weight excluding hydrogens is 304 g/mol. The zero-order valence-electron chi connectivity index (χ0n) is 14.7. The van der Waals surface area contributed by atoms with Crippen molar-refractivity contribution in [3.8, 4) is 0 Å². The van der Waals surface area contributed by atoms with E-state index < -0.39 is 5.54 Å². The largest absolute Gasteiger partial charge is 0.342 e. The van der Waals surface area contributed by atoms with Crippen LogP contribution in [0.25, 0.3) is 0 Å². The second kappa shape index (κ2) is 6.95. The summed E-state index contributed by atoms with van der Waals surface area (Å²) in [7, 11) is 0. The van der Waals surface area contributed by atoms with E-state index in [1.807, 2.05) is 11.0 Å². The maximum atomic E-state index is 13.3. The first kappa shape index (κ1) is 17.0. The van der Waals surface area contributed by atoms with E-state index in [0.29, 0.717) is 18.4 Å². The van der Waals surface area contributed by atoms with Crippen LogP contribution in [-0.2, 0) is 9.59 Å². The van der Waals surface area contributed by atoms with Crippen LogP contribution in [0.4, 0.5) is 0 Å². The van der Waals surface area contributed by atoms with Crippen LogP contribution in [0.5, 0.6) is 0 Å². The van der Waals surface area contributed by atoms with E-state index in [9.17, 15) is 9.59 Å². The van der Waals surface area contributed by atoms with Crippen LogP contribution < -0.4 is 5.32 Å². The summed E-state index contributed by atoms with van der Waals surface area (Å²) < 4.78 is 0. The van der Waals surface area contributed by atoms with E-state index >= 15 is 0 Å². The van der Waals surface area contributed by atoms with Crippen molar-refractivity contribution >= 4 is 11.8 Å². The van der Waals surface area contributed by atoms with E-state index in [1.165, 1.54) is 6.92 Å². The van der Waals surface area contributed by atoms with Gasteiger partial charge in [-0.05, 0) is 50.5 Å². The number of hydrogen-bond acceptors (Lipinski definition) is 3. The van der Waals surface area contributed by atoms with Crippen LogP contribution in [0.3, 0.4) is 0 Å². The minimum absolute atomic E-state index is 0.105. The lowest BCUT2D eigenvalue weighted by molar-refractivity contribution is -0.144. The van der Waals surface area contributed by atoms with Crippen molar-refractivity contribution in [3.63, 3.8) is 0 Å². The molecule has 1 saturated carbocycles. The molecule has 1 saturated heterocycles. The Kier molecular flexibility index (Phi) is 4.92. The average Bonchev–Trinajstić information content (AvgIpc) is 3.11. The molecule has 1 aromatic rings. The van der Waals surface area contributed by atoms with Crippen LogP contribution in [0.2, 0.25) is 0 Å². The molecule has 1 atom stereocenters. The highest BCUT2D eigenvalue weighted by molar-refractivity contribution is 5.91. The Labute approximate surface area is 143 Å². The summed E-state index contributed by atoms with van der Waals surface area (Å²) in [5.41, 5.74) is 0.396. The average molecular weight is 332 g/mol. The minimum Gasteiger partial charge on any atom is -0.342 e. The van der Waals surface area contributed by atoms with E-state index in [4.69, 9.17) is 0 Å². The quantitative estimate of drug-likeness (QED) is 0.891. The van der Waals surface area contributed by atoms with Crippen LogP contribution in [-0.4, -0.2) is 45.5 Å². The Morgan fingerprint density at radius 3 is 2.71 bits per heavy atom. The summed E-state index contributed by atoms with van der Waals surface area (Å²) in [5, 5.41) is 10.1. The third-order valence-corrected chi connectivity index (χ3v) is 5.62. The highest BCUT2D eigenvalue weighted by atomic mass is 16.2. The maximum absolute atomic E-state index is 13.3. The fourth-order valence-electron chi connectivity index (χ4n) is 4.20. The predicted octanol–water partition coefficient (Wildman–Crippen LogP) is 2.20. The second-order valence-corrected chi connectivity index (χ2v) is 7.55. The van der Waals surface area contributed by atoms with Crippen molar-refractivity contribution in [2.75, 3.05) is 13.1 Å². The zero-order valence-corrected chi connectivity index (χ0v) is 14.7. The Morgan fingerprint density at radius 2 is 2.08 bits per heavy atom. The van der Waals surface area contributed by atoms with Crippen molar-refractivity contribution in [1.29, 1.82) is 0 Å². The molecule has 2 amide bonds. The van der Waals surface area contributed by atoms with Crippen LogP contribution in [0, 0.1) is 5.92 Å². The topological polar surface area (TPSA) is 78.1 Å². The molecule has 6 heteroatoms. The molecule has 2 aliphatic rings. The van der Waals surface area contributed by atoms with E-state index in [-0.39, 0.29) is 11.8 Å². The number of nitrogens with zero attached hydrogens (tertiary/aromatic N) is 2. The van der Waals surface area contributed by atoms with Gasteiger partial charge >= 0.3 is 0 Å². The first-order valence-corrected chi connectivity index (χ1v) is 9.07. The van der Waals surface area contributed by atoms with Gasteiger partial charge in [0.2, 0.25) is 11.8 Å². The first-order valence-electron chi connectivity index (χ1n) is 9.07. The molecule has 2 N–H and O–H groups in total. The number of H-pyrrole nitrogens is 1. The normalized spacial score (nSPS) is 30.8. The van der Waals surface area contributed by atoms with Gasteiger partial charge in [-0.15, -0.1) is 0 Å². The van der Waals surface area contributed by atoms with Gasteiger partial charge in [0, 0.05) is 37.8 Å². The number of hydrogen-bond donors (Lipinski definition) is 2. The number of amides is 2. The predicted molar refractivity (Wildman–Crippen MR) is 91.3 cm³/mol. The summed E-state index contributed by atoms with van der Waals surface area (Å²) >= 11 is 0. The van der Waals surface area contributed by atoms with Gasteiger partial charge < -0.3 is 10.2 Å². The minimum atomic E-state index is -0.700. The second-order valence-electron chi connectivity index (χ2n) is 7.55. The van der Waals surface area contributed by atoms with Crippen molar-refractivity contribution in [1.82, 2.24) is 20.4 Å². The first-order chi connectivity index (χ1) is 11.5. The Bertz CT molecular complexity index is 576. The summed E-state index contributed by atoms with van der Waals surface area (Å²) in [6, 6.07) is 1.99. The summed E-state index contributed by atoms with van der Waals surface area (Å²) in [6.07, 6.45) is 7.29. The van der Waals surface area contributed by atoms with Gasteiger partial charge in [-0.1, -0.05) is 6.92 Å². The highest BCUT2D eigenvalue weighted by Crippen LogP contribution is 2.35. The zero-order chi connectivity index (χ0) is 17.2. The van der Waals surface area contributed by atoms with Gasteiger partial charge in [0.15, 0.2) is 0 Å². The van der Waals surface area contributed by atoms with Crippen molar-refractivity contribution in [2.45, 2.75) is 63.8 Å². The molecule has 0 radical (unpaired) electrons. The number of aromatic nitrogens is 2. The summed E-state index contributed by atoms with van der Waals surface area (Å²) in [6.45, 7) is 5.21. The molecular formula is C18H28N4O2. The Hall–Kier alpha value is -1.85. The molecule has 0 unspecified atom stereocenters. The Morgan fingerprint density at radius 1 is 1.33 bits per heavy atom. The van der Waals surface area contributed by atoms with Gasteiger partial charge in [-0.3, -0.25) is 14.7 Å². The molecule has 1 aliphatic heterocycles. The van der Waals surface area contributed by atoms with Gasteiger partial charge in [-0.25, -0.2) is 0 Å². The third-order valence-electron chi connectivity index (χ3n) is 5.62. The standard InChI is InChI=1S/C18H28N4O2/c1-13-5-8-18(9-6-13,20-14(2)23)17(24)22-11-3-4-15(12-22)16-7-10-19-21-16/h7,10,13,15H,3-6,8-9,11-12H2,1-2H3,(H,19,21)(H,20,23)/t13?,15-,18?/m1/s1. The molecule has 24 heavy (non-hydrogen) atoms. The van der Waals surface area contributed by atoms with Gasteiger partial charge in [0.25, 0.3) is 0 Å². The highest BCUT2D eigenvalue weighted by Gasteiger charge is 2.45. The summed E-state index contributed by atoms with van der Waals surface area (Å²) in [4.78, 5) is 27.0. The molecule has 2 fully saturated rings. The van der Waals surface area contributed by atoms with Crippen LogP contribution in [0.15, 0.2) is 12.3 Å². The number of aromatic amines is 1. The number of carbonyl (C=O) groups is 2. The summed E-state index contributed by atoms with van der Waals surface area (Å²) in [5.74, 6) is 0.926. The lowest BCUT2D eigenvalue weighted by Gasteiger charge is -2.43. The molecule has 1 aromatic heterocycles. The van der Waals surface area contributed by atoms with Gasteiger partial charge in [0.05, 0.1) is 0 Å². The molecule has 0 spiro atoms. The van der Waals surface area contributed by atoms with Crippen LogP contribution in [0.1, 0.15) is 64.0 Å². The number of piperidine rings is 1. The van der Waals surface area contributed by atoms with Crippen molar-refractivity contribution in [2.24, 2.45) is 5.92 Å². The molecule has 6 nitrogen and oxygen atoms in total. The maximum Gasteiger partial charge on any atom is 0.248 e. The number of rotatable bonds is 3. The molecule has 0 aromatic carbocycles. The van der Waals surface area contributed by atoms with Crippen molar-refractivity contribution < 1.29 is 9.59 Å². The SMILES string of the molecule is CC(=O)NC1(C(=O)N2CCC[C@@H](c3ccn[nH]3)C2)CCC(C)CC1. The Balaban J connectivity index is 1.75. The molecule has 1 aliphatic carbocycles. The van der Waals surface area contributed by atoms with Gasteiger partial charge in [0.1, 0.15) is 5.54 Å².